The third-order valence-electron chi connectivity index (χ3n) is 4.71. The van der Waals surface area contributed by atoms with Crippen LogP contribution in [0.2, 0.25) is 0 Å². The lowest BCUT2D eigenvalue weighted by molar-refractivity contribution is -0.116. The molecule has 6 nitrogen and oxygen atoms in total. The largest absolute Gasteiger partial charge is 0.381 e. The molecule has 2 aromatic rings. The van der Waals surface area contributed by atoms with Crippen molar-refractivity contribution in [1.29, 1.82) is 0 Å². The maximum Gasteiger partial charge on any atom is 0.252 e. The van der Waals surface area contributed by atoms with Gasteiger partial charge in [0.2, 0.25) is 5.91 Å². The molecule has 0 radical (unpaired) electrons. The molecule has 1 saturated heterocycles. The predicted octanol–water partition coefficient (Wildman–Crippen LogP) is 3.32. The third kappa shape index (κ3) is 7.06. The second-order valence-corrected chi connectivity index (χ2v) is 9.45. The van der Waals surface area contributed by atoms with Crippen LogP contribution in [0, 0.1) is 0 Å². The topological polar surface area (TPSA) is 84.5 Å². The molecule has 2 N–H and O–H groups in total. The lowest BCUT2D eigenvalue weighted by Gasteiger charge is -2.21. The van der Waals surface area contributed by atoms with Gasteiger partial charge in [-0.25, -0.2) is 0 Å². The molecule has 2 heterocycles. The molecule has 2 amide bonds. The molecular weight excluding hydrogens is 408 g/mol. The number of ether oxygens (including phenoxy) is 1. The molecule has 1 aliphatic rings. The van der Waals surface area contributed by atoms with Crippen LogP contribution >= 0.6 is 11.3 Å². The molecule has 8 heteroatoms. The highest BCUT2D eigenvalue weighted by atomic mass is 32.2. The molecule has 156 valence electrons. The number of rotatable bonds is 9. The van der Waals surface area contributed by atoms with E-state index in [-0.39, 0.29) is 17.1 Å². The summed E-state index contributed by atoms with van der Waals surface area (Å²) < 4.78 is 17.9. The van der Waals surface area contributed by atoms with Crippen LogP contribution in [0.4, 0.5) is 5.69 Å². The van der Waals surface area contributed by atoms with Crippen LogP contribution in [0.5, 0.6) is 0 Å². The SMILES string of the molecule is O=C(CCCNC(=O)c1ccsc1)Nc1cccc(CS(=O)C2CCOCC2)c1. The average Bonchev–Trinajstić information content (AvgIpc) is 3.27. The van der Waals surface area contributed by atoms with Gasteiger partial charge in [-0.2, -0.15) is 11.3 Å². The van der Waals surface area contributed by atoms with Crippen molar-refractivity contribution in [3.05, 3.63) is 52.2 Å². The van der Waals surface area contributed by atoms with Crippen LogP contribution in [-0.4, -0.2) is 41.0 Å². The molecule has 29 heavy (non-hydrogen) atoms. The van der Waals surface area contributed by atoms with Crippen LogP contribution in [-0.2, 0) is 26.1 Å². The predicted molar refractivity (Wildman–Crippen MR) is 117 cm³/mol. The fourth-order valence-corrected chi connectivity index (χ4v) is 5.23. The third-order valence-corrected chi connectivity index (χ3v) is 7.23. The summed E-state index contributed by atoms with van der Waals surface area (Å²) in [5, 5.41) is 9.53. The van der Waals surface area contributed by atoms with E-state index in [0.717, 1.165) is 18.4 Å². The zero-order valence-corrected chi connectivity index (χ0v) is 17.9. The van der Waals surface area contributed by atoms with E-state index in [2.05, 4.69) is 10.6 Å². The molecule has 1 aliphatic heterocycles. The highest BCUT2D eigenvalue weighted by Crippen LogP contribution is 2.19. The Labute approximate surface area is 177 Å². The molecule has 0 spiro atoms. The van der Waals surface area contributed by atoms with Crippen molar-refractivity contribution in [3.63, 3.8) is 0 Å². The van der Waals surface area contributed by atoms with Gasteiger partial charge in [-0.3, -0.25) is 13.8 Å². The van der Waals surface area contributed by atoms with Crippen molar-refractivity contribution in [2.24, 2.45) is 0 Å². The second kappa shape index (κ2) is 11.2. The molecule has 1 unspecified atom stereocenters. The maximum absolute atomic E-state index is 12.6. The van der Waals surface area contributed by atoms with Gasteiger partial charge in [0, 0.05) is 64.6 Å². The fourth-order valence-electron chi connectivity index (χ4n) is 3.13. The van der Waals surface area contributed by atoms with Gasteiger partial charge in [0.15, 0.2) is 0 Å². The number of benzene rings is 1. The van der Waals surface area contributed by atoms with Gasteiger partial charge in [0.1, 0.15) is 0 Å². The molecule has 3 rings (SSSR count). The second-order valence-electron chi connectivity index (χ2n) is 6.96. The Morgan fingerprint density at radius 2 is 2.03 bits per heavy atom. The average molecular weight is 435 g/mol. The molecule has 1 fully saturated rings. The fraction of sp³-hybridized carbons (Fsp3) is 0.429. The van der Waals surface area contributed by atoms with Crippen molar-refractivity contribution in [3.8, 4) is 0 Å². The molecule has 0 aliphatic carbocycles. The van der Waals surface area contributed by atoms with Crippen molar-refractivity contribution in [2.75, 3.05) is 25.1 Å². The van der Waals surface area contributed by atoms with Gasteiger partial charge in [-0.1, -0.05) is 12.1 Å². The molecule has 1 aromatic carbocycles. The summed E-state index contributed by atoms with van der Waals surface area (Å²) in [6.45, 7) is 1.81. The summed E-state index contributed by atoms with van der Waals surface area (Å²) >= 11 is 1.48. The summed E-state index contributed by atoms with van der Waals surface area (Å²) in [7, 11) is -0.934. The van der Waals surface area contributed by atoms with Crippen LogP contribution in [0.15, 0.2) is 41.1 Å². The first-order valence-corrected chi connectivity index (χ1v) is 12.1. The zero-order chi connectivity index (χ0) is 20.5. The van der Waals surface area contributed by atoms with Gasteiger partial charge in [-0.15, -0.1) is 0 Å². The number of anilines is 1. The first kappa shape index (κ1) is 21.7. The normalized spacial score (nSPS) is 15.6. The monoisotopic (exact) mass is 434 g/mol. The molecular formula is C21H26N2O4S2. The summed E-state index contributed by atoms with van der Waals surface area (Å²) in [6.07, 6.45) is 2.56. The Morgan fingerprint density at radius 1 is 1.21 bits per heavy atom. The quantitative estimate of drug-likeness (QED) is 0.593. The van der Waals surface area contributed by atoms with Gasteiger partial charge >= 0.3 is 0 Å². The molecule has 0 bridgehead atoms. The highest BCUT2D eigenvalue weighted by molar-refractivity contribution is 7.84. The van der Waals surface area contributed by atoms with Gasteiger partial charge in [-0.05, 0) is 48.4 Å². The van der Waals surface area contributed by atoms with E-state index < -0.39 is 10.8 Å². The van der Waals surface area contributed by atoms with E-state index in [1.54, 1.807) is 11.4 Å². The first-order chi connectivity index (χ1) is 14.1. The highest BCUT2D eigenvalue weighted by Gasteiger charge is 2.20. The Kier molecular flexibility index (Phi) is 8.39. The van der Waals surface area contributed by atoms with E-state index in [1.807, 2.05) is 29.6 Å². The number of amides is 2. The minimum Gasteiger partial charge on any atom is -0.381 e. The van der Waals surface area contributed by atoms with E-state index >= 15 is 0 Å². The zero-order valence-electron chi connectivity index (χ0n) is 16.2. The summed E-state index contributed by atoms with van der Waals surface area (Å²) in [5.41, 5.74) is 2.31. The van der Waals surface area contributed by atoms with Gasteiger partial charge in [0.25, 0.3) is 5.91 Å². The number of carbonyl (C=O) groups is 2. The molecule has 0 saturated carbocycles. The smallest absolute Gasteiger partial charge is 0.252 e. The number of carbonyl (C=O) groups excluding carboxylic acids is 2. The lowest BCUT2D eigenvalue weighted by Crippen LogP contribution is -2.25. The summed E-state index contributed by atoms with van der Waals surface area (Å²) in [6, 6.07) is 9.29. The summed E-state index contributed by atoms with van der Waals surface area (Å²) in [5.74, 6) is 0.276. The number of thiophene rings is 1. The van der Waals surface area contributed by atoms with Gasteiger partial charge < -0.3 is 15.4 Å². The Morgan fingerprint density at radius 3 is 2.79 bits per heavy atom. The van der Waals surface area contributed by atoms with E-state index in [1.165, 1.54) is 11.3 Å². The van der Waals surface area contributed by atoms with E-state index in [9.17, 15) is 13.8 Å². The van der Waals surface area contributed by atoms with Crippen LogP contribution in [0.25, 0.3) is 0 Å². The minimum atomic E-state index is -0.934. The van der Waals surface area contributed by atoms with Crippen molar-refractivity contribution < 1.29 is 18.5 Å². The van der Waals surface area contributed by atoms with Crippen molar-refractivity contribution >= 4 is 39.6 Å². The van der Waals surface area contributed by atoms with E-state index in [0.29, 0.717) is 49.6 Å². The lowest BCUT2D eigenvalue weighted by atomic mass is 10.2. The van der Waals surface area contributed by atoms with Crippen LogP contribution in [0.3, 0.4) is 0 Å². The molecule has 1 aromatic heterocycles. The van der Waals surface area contributed by atoms with Crippen molar-refractivity contribution in [2.45, 2.75) is 36.7 Å². The van der Waals surface area contributed by atoms with Crippen LogP contribution in [0.1, 0.15) is 41.6 Å². The minimum absolute atomic E-state index is 0.0996. The standard InChI is InChI=1S/C21H26N2O4S2/c24-20(5-2-9-22-21(25)17-8-12-28-14-17)23-18-4-1-3-16(13-18)15-29(26)19-6-10-27-11-7-19/h1,3-4,8,12-14,19H,2,5-7,9-11,15H2,(H,22,25)(H,23,24). The number of hydrogen-bond donors (Lipinski definition) is 2. The summed E-state index contributed by atoms with van der Waals surface area (Å²) in [4.78, 5) is 24.0. The van der Waals surface area contributed by atoms with E-state index in [4.69, 9.17) is 4.74 Å². The Hall–Kier alpha value is -2.03. The first-order valence-electron chi connectivity index (χ1n) is 9.76. The maximum atomic E-state index is 12.6. The Balaban J connectivity index is 1.40. The van der Waals surface area contributed by atoms with Crippen LogP contribution < -0.4 is 10.6 Å². The Bertz CT molecular complexity index is 833. The number of hydrogen-bond acceptors (Lipinski definition) is 5. The molecule has 1 atom stereocenters. The van der Waals surface area contributed by atoms with Gasteiger partial charge in [0.05, 0.1) is 0 Å². The van der Waals surface area contributed by atoms with Crippen molar-refractivity contribution in [1.82, 2.24) is 5.32 Å². The number of nitrogens with one attached hydrogen (secondary N) is 2.